The minimum atomic E-state index is -4.71. The van der Waals surface area contributed by atoms with Gasteiger partial charge in [-0.15, -0.1) is 0 Å². The molecule has 0 spiro atoms. The number of carbonyl (C=O) groups excluding carboxylic acids is 3. The Morgan fingerprint density at radius 2 is 1.79 bits per heavy atom. The average Bonchev–Trinajstić information content (AvgIpc) is 3.36. The lowest BCUT2D eigenvalue weighted by molar-refractivity contribution is -0.140. The van der Waals surface area contributed by atoms with Crippen LogP contribution in [0.5, 0.6) is 0 Å². The van der Waals surface area contributed by atoms with Gasteiger partial charge in [0.15, 0.2) is 5.84 Å². The Morgan fingerprint density at radius 1 is 1.06 bits per heavy atom. The second-order valence-electron chi connectivity index (χ2n) is 11.8. The van der Waals surface area contributed by atoms with Gasteiger partial charge < -0.3 is 40.1 Å². The van der Waals surface area contributed by atoms with Gasteiger partial charge in [-0.2, -0.15) is 13.2 Å². The number of hydrogen-bond donors (Lipinski definition) is 3. The number of amides is 2. The van der Waals surface area contributed by atoms with Crippen molar-refractivity contribution >= 4 is 40.6 Å². The Hall–Kier alpha value is -5.02. The van der Waals surface area contributed by atoms with Crippen LogP contribution in [0, 0.1) is 0 Å². The number of amidine groups is 1. The molecule has 0 bridgehead atoms. The Balaban J connectivity index is 1.45. The second-order valence-corrected chi connectivity index (χ2v) is 11.8. The summed E-state index contributed by atoms with van der Waals surface area (Å²) < 4.78 is 67.1. The highest BCUT2D eigenvalue weighted by Gasteiger charge is 2.35. The molecule has 1 saturated heterocycles. The second kappa shape index (κ2) is 14.6. The van der Waals surface area contributed by atoms with Crippen molar-refractivity contribution in [1.82, 2.24) is 14.8 Å². The molecule has 12 nitrogen and oxygen atoms in total. The van der Waals surface area contributed by atoms with Crippen LogP contribution in [0.4, 0.5) is 32.8 Å². The molecule has 4 rings (SSSR count). The summed E-state index contributed by atoms with van der Waals surface area (Å²) in [5, 5.41) is 8.98. The molecule has 1 fully saturated rings. The number of ether oxygens (including phenoxy) is 2. The number of benzene rings is 2. The Kier molecular flexibility index (Phi) is 10.8. The number of likely N-dealkylation sites (tertiary alicyclic amines) is 1. The molecule has 4 N–H and O–H groups in total. The summed E-state index contributed by atoms with van der Waals surface area (Å²) in [5.74, 6) is -1.61. The van der Waals surface area contributed by atoms with Gasteiger partial charge in [-0.05, 0) is 51.0 Å². The third-order valence-corrected chi connectivity index (χ3v) is 6.90. The third kappa shape index (κ3) is 9.98. The van der Waals surface area contributed by atoms with Crippen molar-refractivity contribution in [3.8, 4) is 0 Å². The van der Waals surface area contributed by atoms with Crippen molar-refractivity contribution in [2.24, 2.45) is 10.9 Å². The fourth-order valence-corrected chi connectivity index (χ4v) is 4.80. The summed E-state index contributed by atoms with van der Waals surface area (Å²) in [7, 11) is 0. The molecule has 2 aromatic carbocycles. The molecular formula is C31H36F4N6O6. The molecule has 2 amide bonds. The predicted molar refractivity (Wildman–Crippen MR) is 164 cm³/mol. The number of alkyl carbamates (subject to hydrolysis) is 1. The third-order valence-electron chi connectivity index (χ3n) is 6.90. The molecule has 0 unspecified atom stereocenters. The maximum atomic E-state index is 15.2. The van der Waals surface area contributed by atoms with Crippen molar-refractivity contribution in [2.45, 2.75) is 64.3 Å². The van der Waals surface area contributed by atoms with Crippen LogP contribution in [-0.2, 0) is 27.5 Å². The number of hydrogen-bond acceptors (Lipinski definition) is 8. The minimum Gasteiger partial charge on any atom is -0.445 e. The molecule has 0 saturated carbocycles. The summed E-state index contributed by atoms with van der Waals surface area (Å²) in [5.41, 5.74) is 5.52. The van der Waals surface area contributed by atoms with E-state index in [0.717, 1.165) is 5.56 Å². The van der Waals surface area contributed by atoms with E-state index in [1.807, 2.05) is 6.07 Å². The first-order valence-electron chi connectivity index (χ1n) is 14.7. The smallest absolute Gasteiger partial charge is 0.410 e. The first kappa shape index (κ1) is 34.8. The molecule has 3 aromatic rings. The number of nitrogens with two attached hydrogens (primary N) is 1. The lowest BCUT2D eigenvalue weighted by Crippen LogP contribution is -2.51. The normalized spacial score (nSPS) is 17.3. The zero-order valence-electron chi connectivity index (χ0n) is 26.0. The van der Waals surface area contributed by atoms with Crippen LogP contribution in [0.1, 0.15) is 43.2 Å². The number of rotatable bonds is 9. The number of fused-ring (bicyclic) bond motifs is 1. The molecule has 1 aliphatic rings. The number of halogens is 4. The summed E-state index contributed by atoms with van der Waals surface area (Å²) in [6, 6.07) is 13.7. The molecule has 2 heterocycles. The van der Waals surface area contributed by atoms with Gasteiger partial charge >= 0.3 is 24.3 Å². The van der Waals surface area contributed by atoms with Crippen molar-refractivity contribution in [3.05, 3.63) is 65.9 Å². The van der Waals surface area contributed by atoms with Gasteiger partial charge in [0.05, 0.1) is 24.6 Å². The first-order chi connectivity index (χ1) is 22.1. The molecule has 1 aliphatic heterocycles. The zero-order valence-corrected chi connectivity index (χ0v) is 26.0. The highest BCUT2D eigenvalue weighted by molar-refractivity contribution is 6.01. The van der Waals surface area contributed by atoms with Gasteiger partial charge in [0, 0.05) is 17.6 Å². The standard InChI is InChI=1S/C31H36F4N6O6/c1-30(2,3)46-29(44)40-13-12-23(21(32)16-40)38-22-10-7-11-24-20(22)14-25(41(24)18-31(33,34)35)27(42)47-39-26(36)15-37-28(43)45-17-19-8-5-4-6-9-19/h4-11,14,21,23,38H,12-13,15-18H2,1-3H3,(H2,36,39)(H,37,43)/t21-,23+/m0/s1. The number of anilines is 1. The van der Waals surface area contributed by atoms with Crippen molar-refractivity contribution in [1.29, 1.82) is 0 Å². The van der Waals surface area contributed by atoms with Crippen molar-refractivity contribution in [3.63, 3.8) is 0 Å². The number of nitrogens with zero attached hydrogens (tertiary/aromatic N) is 3. The topological polar surface area (TPSA) is 150 Å². The molecule has 0 aliphatic carbocycles. The zero-order chi connectivity index (χ0) is 34.4. The molecule has 47 heavy (non-hydrogen) atoms. The van der Waals surface area contributed by atoms with Crippen LogP contribution in [0.15, 0.2) is 59.8 Å². The number of alkyl halides is 4. The van der Waals surface area contributed by atoms with E-state index in [1.54, 1.807) is 51.1 Å². The molecule has 2 atom stereocenters. The first-order valence-corrected chi connectivity index (χ1v) is 14.7. The average molecular weight is 665 g/mol. The van der Waals surface area contributed by atoms with Gasteiger partial charge in [-0.25, -0.2) is 18.8 Å². The number of oxime groups is 1. The quantitative estimate of drug-likeness (QED) is 0.0916. The van der Waals surface area contributed by atoms with Gasteiger partial charge in [0.2, 0.25) is 0 Å². The van der Waals surface area contributed by atoms with Crippen LogP contribution in [0.2, 0.25) is 0 Å². The molecule has 16 heteroatoms. The van der Waals surface area contributed by atoms with Crippen LogP contribution in [-0.4, -0.2) is 77.1 Å². The van der Waals surface area contributed by atoms with Crippen LogP contribution in [0.25, 0.3) is 10.9 Å². The molecular weight excluding hydrogens is 628 g/mol. The van der Waals surface area contributed by atoms with Gasteiger partial charge in [-0.3, -0.25) is 0 Å². The van der Waals surface area contributed by atoms with E-state index in [1.165, 1.54) is 23.1 Å². The number of carbonyl (C=O) groups is 3. The maximum Gasteiger partial charge on any atom is 0.410 e. The van der Waals surface area contributed by atoms with E-state index >= 15 is 4.39 Å². The van der Waals surface area contributed by atoms with E-state index in [0.29, 0.717) is 4.57 Å². The van der Waals surface area contributed by atoms with E-state index < -0.39 is 54.4 Å². The summed E-state index contributed by atoms with van der Waals surface area (Å²) in [6.45, 7) is 3.14. The Morgan fingerprint density at radius 3 is 2.45 bits per heavy atom. The van der Waals surface area contributed by atoms with Crippen LogP contribution < -0.4 is 16.4 Å². The summed E-state index contributed by atoms with van der Waals surface area (Å²) >= 11 is 0. The summed E-state index contributed by atoms with van der Waals surface area (Å²) in [4.78, 5) is 43.4. The van der Waals surface area contributed by atoms with E-state index in [2.05, 4.69) is 15.8 Å². The predicted octanol–water partition coefficient (Wildman–Crippen LogP) is 5.32. The lowest BCUT2D eigenvalue weighted by atomic mass is 10.0. The highest BCUT2D eigenvalue weighted by atomic mass is 19.4. The fourth-order valence-electron chi connectivity index (χ4n) is 4.80. The maximum absolute atomic E-state index is 15.2. The number of piperidine rings is 1. The largest absolute Gasteiger partial charge is 0.445 e. The van der Waals surface area contributed by atoms with E-state index in [-0.39, 0.29) is 55.1 Å². The Labute approximate surface area is 267 Å². The van der Waals surface area contributed by atoms with Gasteiger partial charge in [-0.1, -0.05) is 41.6 Å². The molecule has 254 valence electrons. The van der Waals surface area contributed by atoms with Crippen molar-refractivity contribution in [2.75, 3.05) is 25.0 Å². The van der Waals surface area contributed by atoms with Crippen LogP contribution in [0.3, 0.4) is 0 Å². The van der Waals surface area contributed by atoms with Crippen molar-refractivity contribution < 1.29 is 46.3 Å². The summed E-state index contributed by atoms with van der Waals surface area (Å²) in [6.07, 6.45) is -7.51. The van der Waals surface area contributed by atoms with Crippen LogP contribution >= 0.6 is 0 Å². The molecule has 0 radical (unpaired) electrons. The minimum absolute atomic E-state index is 0.00341. The fraction of sp³-hybridized carbons (Fsp3) is 0.419. The monoisotopic (exact) mass is 664 g/mol. The van der Waals surface area contributed by atoms with E-state index in [4.69, 9.17) is 20.0 Å². The highest BCUT2D eigenvalue weighted by Crippen LogP contribution is 2.32. The molecule has 1 aromatic heterocycles. The van der Waals surface area contributed by atoms with Gasteiger partial charge in [0.1, 0.15) is 30.6 Å². The van der Waals surface area contributed by atoms with Gasteiger partial charge in [0.25, 0.3) is 0 Å². The SMILES string of the molecule is CC(C)(C)OC(=O)N1CC[C@@H](Nc2cccc3c2cc(C(=O)ON=C(N)CNC(=O)OCc2ccccc2)n3CC(F)(F)F)[C@@H](F)C1. The number of aromatic nitrogens is 1. The van der Waals surface area contributed by atoms with E-state index in [9.17, 15) is 27.6 Å². The Bertz CT molecular complexity index is 1610. The number of nitrogens with one attached hydrogen (secondary N) is 2. The lowest BCUT2D eigenvalue weighted by Gasteiger charge is -2.36.